The minimum absolute atomic E-state index is 0.0129. The van der Waals surface area contributed by atoms with E-state index in [-0.39, 0.29) is 5.78 Å². The molecule has 1 aromatic carbocycles. The summed E-state index contributed by atoms with van der Waals surface area (Å²) in [7, 11) is 0. The molecule has 3 nitrogen and oxygen atoms in total. The number of hydrogen-bond donors (Lipinski definition) is 0. The van der Waals surface area contributed by atoms with Crippen molar-refractivity contribution in [3.8, 4) is 0 Å². The van der Waals surface area contributed by atoms with Crippen molar-refractivity contribution in [3.05, 3.63) is 48.0 Å². The fourth-order valence-electron chi connectivity index (χ4n) is 1.81. The Morgan fingerprint density at radius 3 is 2.67 bits per heavy atom. The second kappa shape index (κ2) is 5.87. The van der Waals surface area contributed by atoms with Crippen molar-refractivity contribution in [1.29, 1.82) is 0 Å². The van der Waals surface area contributed by atoms with E-state index in [0.717, 1.165) is 17.9 Å². The van der Waals surface area contributed by atoms with Crippen molar-refractivity contribution in [2.24, 2.45) is 0 Å². The predicted octanol–water partition coefficient (Wildman–Crippen LogP) is 3.25. The Hall–Kier alpha value is -1.55. The largest absolute Gasteiger partial charge is 0.328 e. The standard InChI is InChI=1S/C14H16N2OS/c1-3-9-16-10-8-15-14(16)13(17)11-4-6-12(18-2)7-5-11/h4-8,10H,3,9H2,1-2H3. The Labute approximate surface area is 111 Å². The Bertz CT molecular complexity index is 531. The van der Waals surface area contributed by atoms with Crippen LogP contribution in [0.15, 0.2) is 41.6 Å². The molecule has 1 heterocycles. The van der Waals surface area contributed by atoms with Crippen molar-refractivity contribution >= 4 is 17.5 Å². The second-order valence-corrected chi connectivity index (χ2v) is 4.88. The number of rotatable bonds is 5. The zero-order valence-corrected chi connectivity index (χ0v) is 11.4. The molecule has 0 bridgehead atoms. The highest BCUT2D eigenvalue weighted by atomic mass is 32.2. The summed E-state index contributed by atoms with van der Waals surface area (Å²) in [5, 5.41) is 0. The third kappa shape index (κ3) is 2.64. The van der Waals surface area contributed by atoms with Crippen LogP contribution in [0.2, 0.25) is 0 Å². The van der Waals surface area contributed by atoms with Crippen LogP contribution in [0.5, 0.6) is 0 Å². The van der Waals surface area contributed by atoms with Gasteiger partial charge in [-0.1, -0.05) is 6.92 Å². The molecule has 0 aliphatic rings. The summed E-state index contributed by atoms with van der Waals surface area (Å²) in [4.78, 5) is 17.6. The van der Waals surface area contributed by atoms with Gasteiger partial charge in [-0.3, -0.25) is 4.79 Å². The van der Waals surface area contributed by atoms with Crippen LogP contribution in [0, 0.1) is 0 Å². The third-order valence-electron chi connectivity index (χ3n) is 2.74. The SMILES string of the molecule is CCCn1ccnc1C(=O)c1ccc(SC)cc1. The average Bonchev–Trinajstić information content (AvgIpc) is 2.87. The minimum atomic E-state index is -0.0129. The highest BCUT2D eigenvalue weighted by molar-refractivity contribution is 7.98. The van der Waals surface area contributed by atoms with Crippen molar-refractivity contribution in [3.63, 3.8) is 0 Å². The maximum atomic E-state index is 12.3. The first-order chi connectivity index (χ1) is 8.76. The van der Waals surface area contributed by atoms with Gasteiger partial charge < -0.3 is 4.57 Å². The lowest BCUT2D eigenvalue weighted by molar-refractivity contribution is 0.102. The molecule has 0 fully saturated rings. The lowest BCUT2D eigenvalue weighted by Crippen LogP contribution is -2.11. The van der Waals surface area contributed by atoms with Gasteiger partial charge in [-0.2, -0.15) is 0 Å². The monoisotopic (exact) mass is 260 g/mol. The number of aromatic nitrogens is 2. The predicted molar refractivity (Wildman–Crippen MR) is 74.2 cm³/mol. The minimum Gasteiger partial charge on any atom is -0.328 e. The van der Waals surface area contributed by atoms with Gasteiger partial charge in [0.1, 0.15) is 0 Å². The molecular formula is C14H16N2OS. The molecule has 0 saturated heterocycles. The molecular weight excluding hydrogens is 244 g/mol. The van der Waals surface area contributed by atoms with E-state index in [0.29, 0.717) is 11.4 Å². The number of carbonyl (C=O) groups is 1. The normalized spacial score (nSPS) is 10.6. The van der Waals surface area contributed by atoms with E-state index in [1.54, 1.807) is 18.0 Å². The first kappa shape index (κ1) is 12.9. The number of hydrogen-bond acceptors (Lipinski definition) is 3. The number of ketones is 1. The molecule has 18 heavy (non-hydrogen) atoms. The summed E-state index contributed by atoms with van der Waals surface area (Å²) in [6.45, 7) is 2.91. The molecule has 0 aliphatic carbocycles. The highest BCUT2D eigenvalue weighted by Gasteiger charge is 2.14. The summed E-state index contributed by atoms with van der Waals surface area (Å²) in [6.07, 6.45) is 6.54. The second-order valence-electron chi connectivity index (χ2n) is 4.00. The number of thioether (sulfide) groups is 1. The van der Waals surface area contributed by atoms with Gasteiger partial charge in [0.2, 0.25) is 5.78 Å². The first-order valence-electron chi connectivity index (χ1n) is 5.96. The Morgan fingerprint density at radius 2 is 2.06 bits per heavy atom. The highest BCUT2D eigenvalue weighted by Crippen LogP contribution is 2.16. The molecule has 0 radical (unpaired) electrons. The van der Waals surface area contributed by atoms with Crippen LogP contribution >= 0.6 is 11.8 Å². The van der Waals surface area contributed by atoms with E-state index in [9.17, 15) is 4.79 Å². The fraction of sp³-hybridized carbons (Fsp3) is 0.286. The van der Waals surface area contributed by atoms with Crippen molar-refractivity contribution in [2.45, 2.75) is 24.8 Å². The van der Waals surface area contributed by atoms with Gasteiger partial charge in [-0.05, 0) is 36.9 Å². The fourth-order valence-corrected chi connectivity index (χ4v) is 2.22. The van der Waals surface area contributed by atoms with Crippen LogP contribution in [-0.4, -0.2) is 21.6 Å². The Kier molecular flexibility index (Phi) is 4.20. The van der Waals surface area contributed by atoms with Gasteiger partial charge in [0.25, 0.3) is 0 Å². The number of nitrogens with zero attached hydrogens (tertiary/aromatic N) is 2. The third-order valence-corrected chi connectivity index (χ3v) is 3.48. The van der Waals surface area contributed by atoms with Gasteiger partial charge in [0, 0.05) is 29.4 Å². The van der Waals surface area contributed by atoms with E-state index in [1.165, 1.54) is 0 Å². The van der Waals surface area contributed by atoms with Gasteiger partial charge in [-0.15, -0.1) is 11.8 Å². The molecule has 0 spiro atoms. The van der Waals surface area contributed by atoms with Gasteiger partial charge in [0.05, 0.1) is 0 Å². The van der Waals surface area contributed by atoms with Crippen LogP contribution < -0.4 is 0 Å². The molecule has 0 atom stereocenters. The molecule has 94 valence electrons. The van der Waals surface area contributed by atoms with E-state index >= 15 is 0 Å². The summed E-state index contributed by atoms with van der Waals surface area (Å²) in [5.74, 6) is 0.509. The lowest BCUT2D eigenvalue weighted by Gasteiger charge is -2.05. The van der Waals surface area contributed by atoms with Crippen LogP contribution in [0.3, 0.4) is 0 Å². The molecule has 1 aromatic heterocycles. The number of benzene rings is 1. The topological polar surface area (TPSA) is 34.9 Å². The maximum Gasteiger partial charge on any atom is 0.228 e. The van der Waals surface area contributed by atoms with E-state index in [4.69, 9.17) is 0 Å². The molecule has 2 aromatic rings. The van der Waals surface area contributed by atoms with Gasteiger partial charge in [0.15, 0.2) is 5.82 Å². The van der Waals surface area contributed by atoms with E-state index in [2.05, 4.69) is 11.9 Å². The molecule has 0 saturated carbocycles. The summed E-state index contributed by atoms with van der Waals surface area (Å²) in [5.41, 5.74) is 0.691. The van der Waals surface area contributed by atoms with Gasteiger partial charge >= 0.3 is 0 Å². The Morgan fingerprint density at radius 1 is 1.33 bits per heavy atom. The van der Waals surface area contributed by atoms with Crippen LogP contribution in [0.1, 0.15) is 29.5 Å². The number of carbonyl (C=O) groups excluding carboxylic acids is 1. The molecule has 0 amide bonds. The lowest BCUT2D eigenvalue weighted by atomic mass is 10.1. The zero-order valence-electron chi connectivity index (χ0n) is 10.6. The smallest absolute Gasteiger partial charge is 0.228 e. The Balaban J connectivity index is 2.26. The molecule has 0 aliphatic heterocycles. The van der Waals surface area contributed by atoms with Gasteiger partial charge in [-0.25, -0.2) is 4.98 Å². The molecule has 0 unspecified atom stereocenters. The van der Waals surface area contributed by atoms with Crippen LogP contribution in [-0.2, 0) is 6.54 Å². The number of aryl methyl sites for hydroxylation is 1. The number of imidazole rings is 1. The van der Waals surface area contributed by atoms with E-state index in [1.807, 2.05) is 41.3 Å². The summed E-state index contributed by atoms with van der Waals surface area (Å²) < 4.78 is 1.91. The van der Waals surface area contributed by atoms with Crippen molar-refractivity contribution in [2.75, 3.05) is 6.26 Å². The first-order valence-corrected chi connectivity index (χ1v) is 7.18. The van der Waals surface area contributed by atoms with Crippen molar-refractivity contribution in [1.82, 2.24) is 9.55 Å². The quantitative estimate of drug-likeness (QED) is 0.611. The zero-order chi connectivity index (χ0) is 13.0. The summed E-state index contributed by atoms with van der Waals surface area (Å²) >= 11 is 1.67. The maximum absolute atomic E-state index is 12.3. The van der Waals surface area contributed by atoms with Crippen LogP contribution in [0.4, 0.5) is 0 Å². The molecule has 4 heteroatoms. The van der Waals surface area contributed by atoms with Crippen LogP contribution in [0.25, 0.3) is 0 Å². The van der Waals surface area contributed by atoms with Crippen molar-refractivity contribution < 1.29 is 4.79 Å². The molecule has 2 rings (SSSR count). The van der Waals surface area contributed by atoms with E-state index < -0.39 is 0 Å². The summed E-state index contributed by atoms with van der Waals surface area (Å²) in [6, 6.07) is 7.65. The molecule has 0 N–H and O–H groups in total. The average molecular weight is 260 g/mol.